The Balaban J connectivity index is 1.16. The molecule has 0 bridgehead atoms. The van der Waals surface area contributed by atoms with E-state index in [4.69, 9.17) is 14.7 Å². The minimum Gasteiger partial charge on any atom is -0.457 e. The van der Waals surface area contributed by atoms with Crippen molar-refractivity contribution in [3.8, 4) is 34.3 Å². The number of benzene rings is 5. The number of hydrogen-bond donors (Lipinski definition) is 0. The first-order valence-electron chi connectivity index (χ1n) is 17.5. The molecule has 6 heterocycles. The molecule has 10 aromatic rings. The fraction of sp³-hybridized carbons (Fsp3) is 0.0217. The molecule has 0 saturated heterocycles. The number of para-hydroxylation sites is 4. The lowest BCUT2D eigenvalue weighted by atomic mass is 9.66. The average Bonchev–Trinajstić information content (AvgIpc) is 3.82. The van der Waals surface area contributed by atoms with E-state index < -0.39 is 5.41 Å². The zero-order chi connectivity index (χ0) is 34.0. The third kappa shape index (κ3) is 3.41. The van der Waals surface area contributed by atoms with E-state index in [1.807, 2.05) is 36.9 Å². The Bertz CT molecular complexity index is 3030. The van der Waals surface area contributed by atoms with Crippen molar-refractivity contribution < 1.29 is 4.74 Å². The highest BCUT2D eigenvalue weighted by Gasteiger charge is 2.52. The van der Waals surface area contributed by atoms with Crippen LogP contribution in [0, 0.1) is 0 Å². The van der Waals surface area contributed by atoms with Crippen molar-refractivity contribution >= 4 is 43.6 Å². The second-order valence-corrected chi connectivity index (χ2v) is 13.6. The van der Waals surface area contributed by atoms with Crippen molar-refractivity contribution in [3.63, 3.8) is 0 Å². The molecule has 0 saturated carbocycles. The number of fused-ring (bicyclic) bond motifs is 15. The second kappa shape index (κ2) is 10.0. The number of pyridine rings is 3. The zero-order valence-electron chi connectivity index (χ0n) is 27.7. The van der Waals surface area contributed by atoms with E-state index in [2.05, 4.69) is 142 Å². The minimum absolute atomic E-state index is 0.716. The third-order valence-electron chi connectivity index (χ3n) is 11.2. The molecule has 242 valence electrons. The van der Waals surface area contributed by atoms with Gasteiger partial charge in [0.2, 0.25) is 0 Å². The molecule has 0 amide bonds. The first kappa shape index (κ1) is 27.7. The van der Waals surface area contributed by atoms with Crippen LogP contribution in [0.1, 0.15) is 22.3 Å². The summed E-state index contributed by atoms with van der Waals surface area (Å²) in [5, 5.41) is 4.79. The number of aromatic nitrogens is 5. The van der Waals surface area contributed by atoms with Gasteiger partial charge in [0.1, 0.15) is 11.5 Å². The molecule has 2 aliphatic rings. The predicted molar refractivity (Wildman–Crippen MR) is 206 cm³/mol. The first-order chi connectivity index (χ1) is 25.8. The van der Waals surface area contributed by atoms with E-state index >= 15 is 0 Å². The van der Waals surface area contributed by atoms with E-state index in [1.165, 1.54) is 21.5 Å². The van der Waals surface area contributed by atoms with Crippen LogP contribution >= 0.6 is 0 Å². The Morgan fingerprint density at radius 2 is 1.04 bits per heavy atom. The summed E-state index contributed by atoms with van der Waals surface area (Å²) in [7, 11) is 0. The van der Waals surface area contributed by atoms with Crippen LogP contribution in [0.25, 0.3) is 66.4 Å². The van der Waals surface area contributed by atoms with Gasteiger partial charge in [-0.3, -0.25) is 15.0 Å². The third-order valence-corrected chi connectivity index (χ3v) is 11.2. The Hall–Kier alpha value is -7.05. The molecule has 5 aromatic heterocycles. The summed E-state index contributed by atoms with van der Waals surface area (Å²) in [5.74, 6) is 1.62. The maximum Gasteiger partial charge on any atom is 0.134 e. The topological polar surface area (TPSA) is 57.8 Å². The van der Waals surface area contributed by atoms with Gasteiger partial charge in [0, 0.05) is 62.4 Å². The van der Waals surface area contributed by atoms with Gasteiger partial charge in [0.05, 0.1) is 57.0 Å². The van der Waals surface area contributed by atoms with Crippen LogP contribution in [0.2, 0.25) is 0 Å². The van der Waals surface area contributed by atoms with Crippen LogP contribution in [0.15, 0.2) is 164 Å². The van der Waals surface area contributed by atoms with Crippen molar-refractivity contribution in [2.75, 3.05) is 0 Å². The van der Waals surface area contributed by atoms with Crippen LogP contribution in [0.4, 0.5) is 0 Å². The number of rotatable bonds is 2. The van der Waals surface area contributed by atoms with Crippen molar-refractivity contribution in [3.05, 3.63) is 187 Å². The predicted octanol–water partition coefficient (Wildman–Crippen LogP) is 10.5. The molecule has 0 radical (unpaired) electrons. The van der Waals surface area contributed by atoms with Gasteiger partial charge >= 0.3 is 0 Å². The molecule has 0 N–H and O–H groups in total. The van der Waals surface area contributed by atoms with Gasteiger partial charge in [0.15, 0.2) is 0 Å². The summed E-state index contributed by atoms with van der Waals surface area (Å²) in [5.41, 5.74) is 11.9. The lowest BCUT2D eigenvalue weighted by Crippen LogP contribution is -2.32. The van der Waals surface area contributed by atoms with Gasteiger partial charge in [-0.2, -0.15) is 0 Å². The van der Waals surface area contributed by atoms with Gasteiger partial charge in [-0.15, -0.1) is 0 Å². The molecule has 1 aliphatic heterocycles. The van der Waals surface area contributed by atoms with Gasteiger partial charge in [-0.25, -0.2) is 0 Å². The largest absolute Gasteiger partial charge is 0.457 e. The number of hydrogen-bond acceptors (Lipinski definition) is 4. The molecule has 1 spiro atoms. The Labute approximate surface area is 297 Å². The zero-order valence-corrected chi connectivity index (χ0v) is 27.7. The van der Waals surface area contributed by atoms with Gasteiger partial charge in [-0.05, 0) is 54.1 Å². The highest BCUT2D eigenvalue weighted by Crippen LogP contribution is 2.61. The number of nitrogens with zero attached hydrogens (tertiary/aromatic N) is 5. The molecule has 6 heteroatoms. The maximum atomic E-state index is 6.90. The summed E-state index contributed by atoms with van der Waals surface area (Å²) in [6.45, 7) is 0. The highest BCUT2D eigenvalue weighted by atomic mass is 16.5. The lowest BCUT2D eigenvalue weighted by molar-refractivity contribution is 0.436. The van der Waals surface area contributed by atoms with E-state index in [-0.39, 0.29) is 0 Å². The normalized spacial score (nSPS) is 15.5. The van der Waals surface area contributed by atoms with E-state index in [9.17, 15) is 0 Å². The van der Waals surface area contributed by atoms with Gasteiger partial charge in [-0.1, -0.05) is 84.9 Å². The molecule has 1 atom stereocenters. The summed E-state index contributed by atoms with van der Waals surface area (Å²) < 4.78 is 11.5. The van der Waals surface area contributed by atoms with Crippen LogP contribution in [-0.2, 0) is 5.41 Å². The van der Waals surface area contributed by atoms with Gasteiger partial charge in [0.25, 0.3) is 0 Å². The van der Waals surface area contributed by atoms with Crippen molar-refractivity contribution in [1.29, 1.82) is 0 Å². The summed E-state index contributed by atoms with van der Waals surface area (Å²) in [4.78, 5) is 14.8. The quantitative estimate of drug-likeness (QED) is 0.184. The fourth-order valence-corrected chi connectivity index (χ4v) is 9.14. The SMILES string of the molecule is c1ccc2c(c1)Oc1cc(-n3c4ccccc4c4ccncc43)ccc1C21c2cccnc2-c2ncc(-n3c4ccccc4c4ccccc43)cc21. The maximum absolute atomic E-state index is 6.90. The monoisotopic (exact) mass is 665 g/mol. The minimum atomic E-state index is -0.716. The van der Waals surface area contributed by atoms with Crippen LogP contribution in [-0.4, -0.2) is 24.1 Å². The summed E-state index contributed by atoms with van der Waals surface area (Å²) in [6, 6.07) is 49.5. The fourth-order valence-electron chi connectivity index (χ4n) is 9.14. The van der Waals surface area contributed by atoms with Crippen molar-refractivity contribution in [1.82, 2.24) is 24.1 Å². The molecule has 1 aliphatic carbocycles. The molecule has 52 heavy (non-hydrogen) atoms. The summed E-state index contributed by atoms with van der Waals surface area (Å²) in [6.07, 6.45) is 7.68. The lowest BCUT2D eigenvalue weighted by Gasteiger charge is -2.39. The molecular weight excluding hydrogens is 639 g/mol. The van der Waals surface area contributed by atoms with E-state index in [0.717, 1.165) is 78.6 Å². The van der Waals surface area contributed by atoms with E-state index in [0.29, 0.717) is 0 Å². The first-order valence-corrected chi connectivity index (χ1v) is 17.5. The number of ether oxygens (including phenoxy) is 1. The van der Waals surface area contributed by atoms with Crippen LogP contribution in [0.3, 0.4) is 0 Å². The van der Waals surface area contributed by atoms with E-state index in [1.54, 1.807) is 0 Å². The van der Waals surface area contributed by atoms with Crippen LogP contribution in [0.5, 0.6) is 11.5 Å². The molecule has 0 fully saturated rings. The highest BCUT2D eigenvalue weighted by molar-refractivity contribution is 6.10. The molecule has 5 aromatic carbocycles. The standard InChI is InChI=1S/C46H27N5O/c1-6-16-39-30(10-1)31-11-2-7-17-40(31)51(39)29-24-37-45(49-26-29)44-36(14-9-22-48-44)46(37)34-13-4-8-18-42(34)52-43-25-28(19-20-35(43)46)50-38-15-5-3-12-32(38)33-21-23-47-27-41(33)50/h1-27H. The van der Waals surface area contributed by atoms with Crippen LogP contribution < -0.4 is 4.74 Å². The van der Waals surface area contributed by atoms with Gasteiger partial charge < -0.3 is 13.9 Å². The average molecular weight is 666 g/mol. The smallest absolute Gasteiger partial charge is 0.134 e. The summed E-state index contributed by atoms with van der Waals surface area (Å²) >= 11 is 0. The Morgan fingerprint density at radius 1 is 0.423 bits per heavy atom. The Kier molecular flexibility index (Phi) is 5.34. The van der Waals surface area contributed by atoms with Crippen molar-refractivity contribution in [2.24, 2.45) is 0 Å². The molecule has 1 unspecified atom stereocenters. The Morgan fingerprint density at radius 3 is 1.81 bits per heavy atom. The second-order valence-electron chi connectivity index (χ2n) is 13.6. The molecule has 12 rings (SSSR count). The van der Waals surface area contributed by atoms with Crippen molar-refractivity contribution in [2.45, 2.75) is 5.41 Å². The molecule has 6 nitrogen and oxygen atoms in total. The molecular formula is C46H27N5O.